The molecule has 8 rings (SSSR count). The predicted octanol–water partition coefficient (Wildman–Crippen LogP) is 11.6. The van der Waals surface area contributed by atoms with Crippen molar-refractivity contribution in [3.05, 3.63) is 38.5 Å². The average Bonchev–Trinajstić information content (AvgIpc) is 4.18. The fourth-order valence-electron chi connectivity index (χ4n) is 9.60. The summed E-state index contributed by atoms with van der Waals surface area (Å²) in [6.45, 7) is 22.5. The van der Waals surface area contributed by atoms with E-state index in [0.717, 1.165) is 76.3 Å². The predicted molar refractivity (Wildman–Crippen MR) is 247 cm³/mol. The Morgan fingerprint density at radius 3 is 1.67 bits per heavy atom. The van der Waals surface area contributed by atoms with Gasteiger partial charge in [-0.2, -0.15) is 0 Å². The molecule has 3 saturated heterocycles. The van der Waals surface area contributed by atoms with Crippen LogP contribution in [-0.2, 0) is 38.0 Å². The Morgan fingerprint density at radius 1 is 0.656 bits per heavy atom. The van der Waals surface area contributed by atoms with Crippen LogP contribution in [0.1, 0.15) is 157 Å². The molecule has 8 aliphatic rings. The summed E-state index contributed by atoms with van der Waals surface area (Å²) in [5, 5.41) is 8.28. The van der Waals surface area contributed by atoms with Crippen molar-refractivity contribution in [2.75, 3.05) is 46.2 Å². The summed E-state index contributed by atoms with van der Waals surface area (Å²) in [5.41, 5.74) is 0.583. The highest BCUT2D eigenvalue weighted by Gasteiger charge is 2.47. The molecule has 0 aromatic rings. The molecule has 9 atom stereocenters. The van der Waals surface area contributed by atoms with Gasteiger partial charge in [-0.15, -0.1) is 12.8 Å². The number of aliphatic hydroxyl groups excluding tert-OH is 1. The van der Waals surface area contributed by atoms with Crippen molar-refractivity contribution < 1.29 is 43.1 Å². The summed E-state index contributed by atoms with van der Waals surface area (Å²) < 4.78 is 36.8. The van der Waals surface area contributed by atoms with Crippen molar-refractivity contribution in [2.45, 2.75) is 181 Å². The molecule has 8 fully saturated rings. The van der Waals surface area contributed by atoms with E-state index in [2.05, 4.69) is 53.4 Å². The van der Waals surface area contributed by atoms with E-state index >= 15 is 0 Å². The Labute approximate surface area is 373 Å². The molecule has 0 spiro atoms. The van der Waals surface area contributed by atoms with E-state index in [9.17, 15) is 4.79 Å². The van der Waals surface area contributed by atoms with Crippen LogP contribution in [0.2, 0.25) is 0 Å². The second-order valence-electron chi connectivity index (χ2n) is 18.5. The number of hydrogen-bond donors (Lipinski definition) is 1. The third-order valence-electron chi connectivity index (χ3n) is 14.2. The number of esters is 1. The Hall–Kier alpha value is -2.51. The molecule has 1 N–H and O–H groups in total. The lowest BCUT2D eigenvalue weighted by Gasteiger charge is -2.39. The molecular formula is C52H90O9. The lowest BCUT2D eigenvalue weighted by atomic mass is 9.81. The van der Waals surface area contributed by atoms with Gasteiger partial charge in [-0.05, 0) is 151 Å². The Balaban J connectivity index is 0.000000269. The van der Waals surface area contributed by atoms with E-state index < -0.39 is 0 Å². The van der Waals surface area contributed by atoms with E-state index in [1.807, 2.05) is 0 Å². The fourth-order valence-corrected chi connectivity index (χ4v) is 9.60. The molecule has 0 bridgehead atoms. The van der Waals surface area contributed by atoms with Gasteiger partial charge in [-0.1, -0.05) is 60.8 Å². The zero-order valence-electron chi connectivity index (χ0n) is 38.2. The second-order valence-corrected chi connectivity index (χ2v) is 18.5. The number of epoxide rings is 2. The van der Waals surface area contributed by atoms with Crippen molar-refractivity contribution in [2.24, 2.45) is 46.8 Å². The molecule has 9 nitrogen and oxygen atoms in total. The SMILES string of the molecule is C.C#C.C=COCC1CCC(COC=C)CC1.C=COCCCCO.CCC1(CC)COC1.CCCC1CCC2OC2C1.O=C(OCC1CCC2CC2C1)C1CCC2OC2C1. The average molecular weight is 859 g/mol. The zero-order valence-corrected chi connectivity index (χ0v) is 38.2. The Morgan fingerprint density at radius 2 is 1.21 bits per heavy atom. The van der Waals surface area contributed by atoms with Gasteiger partial charge < -0.3 is 38.3 Å². The van der Waals surface area contributed by atoms with Crippen LogP contribution >= 0.6 is 0 Å². The second kappa shape index (κ2) is 31.4. The molecule has 61 heavy (non-hydrogen) atoms. The molecule has 9 unspecified atom stereocenters. The molecule has 5 saturated carbocycles. The summed E-state index contributed by atoms with van der Waals surface area (Å²) >= 11 is 0. The van der Waals surface area contributed by atoms with Gasteiger partial charge in [0.2, 0.25) is 0 Å². The largest absolute Gasteiger partial charge is 0.502 e. The van der Waals surface area contributed by atoms with Gasteiger partial charge in [0, 0.05) is 12.0 Å². The molecule has 0 amide bonds. The molecule has 352 valence electrons. The molecule has 9 heteroatoms. The molecule has 0 aromatic heterocycles. The maximum absolute atomic E-state index is 12.0. The van der Waals surface area contributed by atoms with E-state index in [1.165, 1.54) is 115 Å². The summed E-state index contributed by atoms with van der Waals surface area (Å²) in [7, 11) is 0. The van der Waals surface area contributed by atoms with Gasteiger partial charge in [0.25, 0.3) is 0 Å². The van der Waals surface area contributed by atoms with Crippen molar-refractivity contribution in [3.8, 4) is 12.8 Å². The van der Waals surface area contributed by atoms with Crippen LogP contribution in [0.3, 0.4) is 0 Å². The van der Waals surface area contributed by atoms with Gasteiger partial charge in [0.05, 0.1) is 88.8 Å². The van der Waals surface area contributed by atoms with Gasteiger partial charge in [-0.3, -0.25) is 4.79 Å². The number of fused-ring (bicyclic) bond motifs is 3. The number of aliphatic hydroxyl groups is 1. The van der Waals surface area contributed by atoms with Gasteiger partial charge in [0.15, 0.2) is 0 Å². The molecule has 3 heterocycles. The third-order valence-corrected chi connectivity index (χ3v) is 14.2. The van der Waals surface area contributed by atoms with Gasteiger partial charge in [0.1, 0.15) is 0 Å². The monoisotopic (exact) mass is 859 g/mol. The van der Waals surface area contributed by atoms with Crippen LogP contribution in [0.15, 0.2) is 38.5 Å². The van der Waals surface area contributed by atoms with Crippen LogP contribution in [0.5, 0.6) is 0 Å². The quantitative estimate of drug-likeness (QED) is 0.0474. The first-order valence-electron chi connectivity index (χ1n) is 24.0. The highest BCUT2D eigenvalue weighted by Crippen LogP contribution is 2.51. The van der Waals surface area contributed by atoms with Crippen LogP contribution in [0.4, 0.5) is 0 Å². The van der Waals surface area contributed by atoms with E-state index in [4.69, 9.17) is 38.3 Å². The maximum Gasteiger partial charge on any atom is 0.309 e. The molecule has 5 aliphatic carbocycles. The number of unbranched alkanes of at least 4 members (excludes halogenated alkanes) is 1. The first-order valence-corrected chi connectivity index (χ1v) is 24.0. The summed E-state index contributed by atoms with van der Waals surface area (Å²) in [6, 6.07) is 0. The van der Waals surface area contributed by atoms with Crippen molar-refractivity contribution in [3.63, 3.8) is 0 Å². The van der Waals surface area contributed by atoms with E-state index in [1.54, 1.807) is 0 Å². The Bertz CT molecular complexity index is 1160. The highest BCUT2D eigenvalue weighted by atomic mass is 16.6. The number of carbonyl (C=O) groups excluding carboxylic acids is 1. The minimum atomic E-state index is 0. The number of terminal acetylenes is 1. The van der Waals surface area contributed by atoms with Crippen LogP contribution in [-0.4, -0.2) is 81.7 Å². The lowest BCUT2D eigenvalue weighted by molar-refractivity contribution is -0.151. The van der Waals surface area contributed by atoms with Crippen LogP contribution < -0.4 is 0 Å². The Kier molecular flexibility index (Phi) is 28.1. The smallest absolute Gasteiger partial charge is 0.309 e. The minimum Gasteiger partial charge on any atom is -0.502 e. The summed E-state index contributed by atoms with van der Waals surface area (Å²) in [6.07, 6.45) is 39.2. The van der Waals surface area contributed by atoms with Crippen LogP contribution in [0, 0.1) is 59.7 Å². The molecule has 0 radical (unpaired) electrons. The topological polar surface area (TPSA) is 109 Å². The standard InChI is InChI=1S/C15H22O3.C12H20O2.C9H16O.C7H14O.C6H12O2.C2H2.CH4/c16-15(11-3-4-13-14(7-11)18-13)17-8-9-1-2-10-6-12(10)5-9;1-3-13-9-11-5-7-12(8-6-11)10-14-4-2;1-2-3-7-4-5-8-9(6-7)10-8;1-3-7(4-2)5-8-6-7;1-2-8-6-4-3-5-7;1-2;/h9-14H,1-8H2;3-4,11-12H,1-2,5-10H2;7-9H,2-6H2,1H3;3-6H2,1-2H3;2,7H,1,3-6H2;1-2H;1H4. The normalized spacial score (nSPS) is 32.3. The maximum atomic E-state index is 12.0. The highest BCUT2D eigenvalue weighted by molar-refractivity contribution is 5.72. The zero-order chi connectivity index (χ0) is 43.6. The number of ether oxygens (including phenoxy) is 7. The van der Waals surface area contributed by atoms with Crippen molar-refractivity contribution in [1.82, 2.24) is 0 Å². The molecule has 0 aromatic carbocycles. The number of rotatable bonds is 18. The number of carbonyl (C=O) groups is 1. The summed E-state index contributed by atoms with van der Waals surface area (Å²) in [5.74, 6) is 5.23. The first-order chi connectivity index (χ1) is 29.3. The first kappa shape index (κ1) is 54.6. The third kappa shape index (κ3) is 21.1. The lowest BCUT2D eigenvalue weighted by Crippen LogP contribution is -2.41. The van der Waals surface area contributed by atoms with E-state index in [-0.39, 0.29) is 25.9 Å². The van der Waals surface area contributed by atoms with Crippen LogP contribution in [0.25, 0.3) is 0 Å². The van der Waals surface area contributed by atoms with Gasteiger partial charge >= 0.3 is 5.97 Å². The molecule has 3 aliphatic heterocycles. The molecular weight excluding hydrogens is 769 g/mol. The minimum absolute atomic E-state index is 0. The van der Waals surface area contributed by atoms with Gasteiger partial charge in [-0.25, -0.2) is 0 Å². The summed E-state index contributed by atoms with van der Waals surface area (Å²) in [4.78, 5) is 12.0. The van der Waals surface area contributed by atoms with E-state index in [0.29, 0.717) is 60.8 Å². The fraction of sp³-hybridized carbons (Fsp3) is 0.827. The number of hydrogen-bond acceptors (Lipinski definition) is 9. The van der Waals surface area contributed by atoms with Crippen molar-refractivity contribution >= 4 is 5.97 Å². The van der Waals surface area contributed by atoms with Crippen molar-refractivity contribution in [1.29, 1.82) is 0 Å².